The van der Waals surface area contributed by atoms with E-state index < -0.39 is 22.0 Å². The van der Waals surface area contributed by atoms with E-state index in [0.717, 1.165) is 6.26 Å². The van der Waals surface area contributed by atoms with Gasteiger partial charge in [-0.25, -0.2) is 13.1 Å². The van der Waals surface area contributed by atoms with E-state index in [1.807, 2.05) is 13.8 Å². The number of nitrogens with zero attached hydrogens (tertiary/aromatic N) is 1. The van der Waals surface area contributed by atoms with Gasteiger partial charge in [0, 0.05) is 19.5 Å². The zero-order chi connectivity index (χ0) is 16.2. The maximum Gasteiger partial charge on any atom is 0.303 e. The van der Waals surface area contributed by atoms with Gasteiger partial charge in [0.1, 0.15) is 6.04 Å². The highest BCUT2D eigenvalue weighted by molar-refractivity contribution is 7.88. The molecule has 2 unspecified atom stereocenters. The molecule has 1 fully saturated rings. The third-order valence-electron chi connectivity index (χ3n) is 3.42. The van der Waals surface area contributed by atoms with Crippen molar-refractivity contribution >= 4 is 21.9 Å². The summed E-state index contributed by atoms with van der Waals surface area (Å²) in [6.45, 7) is 4.70. The van der Waals surface area contributed by atoms with E-state index in [-0.39, 0.29) is 24.2 Å². The van der Waals surface area contributed by atoms with Crippen molar-refractivity contribution in [3.05, 3.63) is 0 Å². The van der Waals surface area contributed by atoms with Gasteiger partial charge in [0.15, 0.2) is 0 Å². The van der Waals surface area contributed by atoms with Gasteiger partial charge < -0.3 is 10.0 Å². The van der Waals surface area contributed by atoms with Crippen molar-refractivity contribution in [1.82, 2.24) is 9.62 Å². The molecule has 21 heavy (non-hydrogen) atoms. The molecule has 1 rings (SSSR count). The summed E-state index contributed by atoms with van der Waals surface area (Å²) < 4.78 is 25.2. The molecule has 0 spiro atoms. The van der Waals surface area contributed by atoms with Crippen LogP contribution in [0.1, 0.15) is 33.1 Å². The number of hydrogen-bond acceptors (Lipinski definition) is 4. The average Bonchev–Trinajstić information content (AvgIpc) is 2.72. The largest absolute Gasteiger partial charge is 0.481 e. The Morgan fingerprint density at radius 1 is 1.38 bits per heavy atom. The first-order valence-corrected chi connectivity index (χ1v) is 8.95. The Kier molecular flexibility index (Phi) is 6.15. The first-order chi connectivity index (χ1) is 9.58. The zero-order valence-corrected chi connectivity index (χ0v) is 13.5. The van der Waals surface area contributed by atoms with Crippen LogP contribution in [0.15, 0.2) is 0 Å². The van der Waals surface area contributed by atoms with Gasteiger partial charge in [-0.1, -0.05) is 13.8 Å². The van der Waals surface area contributed by atoms with Crippen molar-refractivity contribution in [2.45, 2.75) is 39.2 Å². The summed E-state index contributed by atoms with van der Waals surface area (Å²) in [5.74, 6) is -1.01. The summed E-state index contributed by atoms with van der Waals surface area (Å²) in [5, 5.41) is 8.78. The lowest BCUT2D eigenvalue weighted by molar-refractivity contribution is -0.138. The number of sulfonamides is 1. The quantitative estimate of drug-likeness (QED) is 0.701. The van der Waals surface area contributed by atoms with E-state index in [0.29, 0.717) is 25.9 Å². The predicted octanol–water partition coefficient (Wildman–Crippen LogP) is 0.274. The fourth-order valence-electron chi connectivity index (χ4n) is 2.60. The first kappa shape index (κ1) is 17.9. The number of amides is 1. The second-order valence-corrected chi connectivity index (χ2v) is 7.89. The van der Waals surface area contributed by atoms with Crippen LogP contribution in [0.2, 0.25) is 0 Å². The first-order valence-electron chi connectivity index (χ1n) is 7.06. The van der Waals surface area contributed by atoms with E-state index in [2.05, 4.69) is 4.72 Å². The number of rotatable bonds is 7. The minimum absolute atomic E-state index is 0.0398. The summed E-state index contributed by atoms with van der Waals surface area (Å²) in [6, 6.07) is -0.774. The second kappa shape index (κ2) is 7.22. The minimum Gasteiger partial charge on any atom is -0.481 e. The number of aliphatic carboxylic acids is 1. The van der Waals surface area contributed by atoms with E-state index in [1.54, 1.807) is 4.90 Å². The maximum absolute atomic E-state index is 12.4. The molecule has 122 valence electrons. The Balaban J connectivity index is 2.70. The molecule has 0 radical (unpaired) electrons. The molecule has 1 aliphatic rings. The molecule has 0 aromatic carbocycles. The van der Waals surface area contributed by atoms with Crippen molar-refractivity contribution in [3.63, 3.8) is 0 Å². The van der Waals surface area contributed by atoms with Gasteiger partial charge in [0.25, 0.3) is 0 Å². The number of carboxylic acid groups (broad SMARTS) is 1. The normalized spacial score (nSPS) is 20.8. The lowest BCUT2D eigenvalue weighted by Gasteiger charge is -2.25. The van der Waals surface area contributed by atoms with Crippen LogP contribution in [0.25, 0.3) is 0 Å². The van der Waals surface area contributed by atoms with Crippen LogP contribution < -0.4 is 4.72 Å². The van der Waals surface area contributed by atoms with E-state index in [9.17, 15) is 18.0 Å². The topological polar surface area (TPSA) is 104 Å². The third-order valence-corrected chi connectivity index (χ3v) is 4.14. The predicted molar refractivity (Wildman–Crippen MR) is 78.2 cm³/mol. The fourth-order valence-corrected chi connectivity index (χ4v) is 3.31. The molecule has 0 aliphatic carbocycles. The molecule has 2 N–H and O–H groups in total. The molecule has 8 heteroatoms. The standard InChI is InChI=1S/C13H24N2O5S/c1-9(2)6-11(14-21(3,19)20)13(18)15-5-4-10(8-15)7-12(16)17/h9-11,14H,4-8H2,1-3H3,(H,16,17). The number of carbonyl (C=O) groups excluding carboxylic acids is 1. The molecule has 0 bridgehead atoms. The Labute approximate surface area is 125 Å². The minimum atomic E-state index is -3.47. The van der Waals surface area contributed by atoms with Gasteiger partial charge in [-0.3, -0.25) is 9.59 Å². The van der Waals surface area contributed by atoms with Crippen molar-refractivity contribution < 1.29 is 23.1 Å². The zero-order valence-electron chi connectivity index (χ0n) is 12.7. The summed E-state index contributed by atoms with van der Waals surface area (Å²) >= 11 is 0. The molecule has 7 nitrogen and oxygen atoms in total. The van der Waals surface area contributed by atoms with Gasteiger partial charge in [-0.15, -0.1) is 0 Å². The van der Waals surface area contributed by atoms with Crippen LogP contribution in [0, 0.1) is 11.8 Å². The number of likely N-dealkylation sites (tertiary alicyclic amines) is 1. The number of nitrogens with one attached hydrogen (secondary N) is 1. The van der Waals surface area contributed by atoms with Crippen molar-refractivity contribution in [2.75, 3.05) is 19.3 Å². The van der Waals surface area contributed by atoms with Crippen LogP contribution in [0.5, 0.6) is 0 Å². The Hall–Kier alpha value is -1.15. The summed E-state index contributed by atoms with van der Waals surface area (Å²) in [4.78, 5) is 24.7. The third kappa shape index (κ3) is 6.43. The van der Waals surface area contributed by atoms with Gasteiger partial charge in [0.2, 0.25) is 15.9 Å². The Morgan fingerprint density at radius 2 is 2.00 bits per heavy atom. The number of carbonyl (C=O) groups is 2. The fraction of sp³-hybridized carbons (Fsp3) is 0.846. The maximum atomic E-state index is 12.4. The van der Waals surface area contributed by atoms with Crippen LogP contribution in [-0.2, 0) is 19.6 Å². The number of carboxylic acids is 1. The molecule has 0 aromatic rings. The molecule has 1 heterocycles. The lowest BCUT2D eigenvalue weighted by Crippen LogP contribution is -2.48. The average molecular weight is 320 g/mol. The van der Waals surface area contributed by atoms with Crippen molar-refractivity contribution in [2.24, 2.45) is 11.8 Å². The molecule has 1 saturated heterocycles. The molecule has 1 amide bonds. The summed E-state index contributed by atoms with van der Waals surface area (Å²) in [5.41, 5.74) is 0. The molecule has 0 aromatic heterocycles. The molecule has 1 aliphatic heterocycles. The van der Waals surface area contributed by atoms with Gasteiger partial charge >= 0.3 is 5.97 Å². The Morgan fingerprint density at radius 3 is 2.48 bits per heavy atom. The molecular formula is C13H24N2O5S. The van der Waals surface area contributed by atoms with Crippen molar-refractivity contribution in [3.8, 4) is 0 Å². The van der Waals surface area contributed by atoms with Gasteiger partial charge in [-0.05, 0) is 24.7 Å². The highest BCUT2D eigenvalue weighted by Gasteiger charge is 2.33. The highest BCUT2D eigenvalue weighted by atomic mass is 32.2. The SMILES string of the molecule is CC(C)CC(NS(C)(=O)=O)C(=O)N1CCC(CC(=O)O)C1. The van der Waals surface area contributed by atoms with Crippen LogP contribution in [0.3, 0.4) is 0 Å². The van der Waals surface area contributed by atoms with Crippen LogP contribution >= 0.6 is 0 Å². The highest BCUT2D eigenvalue weighted by Crippen LogP contribution is 2.21. The second-order valence-electron chi connectivity index (χ2n) is 6.11. The van der Waals surface area contributed by atoms with Crippen LogP contribution in [0.4, 0.5) is 0 Å². The Bertz CT molecular complexity index is 489. The van der Waals surface area contributed by atoms with Gasteiger partial charge in [-0.2, -0.15) is 0 Å². The summed E-state index contributed by atoms with van der Waals surface area (Å²) in [7, 11) is -3.47. The van der Waals surface area contributed by atoms with E-state index in [4.69, 9.17) is 5.11 Å². The van der Waals surface area contributed by atoms with E-state index in [1.165, 1.54) is 0 Å². The van der Waals surface area contributed by atoms with Crippen molar-refractivity contribution in [1.29, 1.82) is 0 Å². The van der Waals surface area contributed by atoms with Crippen LogP contribution in [-0.4, -0.2) is 55.7 Å². The monoisotopic (exact) mass is 320 g/mol. The molecule has 0 saturated carbocycles. The van der Waals surface area contributed by atoms with E-state index >= 15 is 0 Å². The molecule has 2 atom stereocenters. The van der Waals surface area contributed by atoms with Gasteiger partial charge in [0.05, 0.1) is 6.26 Å². The molecular weight excluding hydrogens is 296 g/mol. The number of hydrogen-bond donors (Lipinski definition) is 2. The lowest BCUT2D eigenvalue weighted by atomic mass is 10.0. The summed E-state index contributed by atoms with van der Waals surface area (Å²) in [6.07, 6.45) is 2.14. The smallest absolute Gasteiger partial charge is 0.303 e.